The van der Waals surface area contributed by atoms with Gasteiger partial charge in [0.2, 0.25) is 5.91 Å². The first-order chi connectivity index (χ1) is 14.5. The van der Waals surface area contributed by atoms with E-state index in [2.05, 4.69) is 21.2 Å². The SMILES string of the molecule is O=C(Cc1ccccc1)N[C@@H]1C(=O)N2C(C(=O)O)=C(Sc3ccccc3Br)CS[C@@H]12. The number of rotatable bonds is 6. The fourth-order valence-corrected chi connectivity index (χ4v) is 6.36. The number of carbonyl (C=O) groups excluding carboxylic acids is 2. The van der Waals surface area contributed by atoms with Crippen molar-refractivity contribution < 1.29 is 19.5 Å². The molecule has 6 nitrogen and oxygen atoms in total. The van der Waals surface area contributed by atoms with Crippen LogP contribution >= 0.6 is 39.5 Å². The summed E-state index contributed by atoms with van der Waals surface area (Å²) in [5, 5.41) is 12.1. The standard InChI is InChI=1S/C21H17BrN2O4S2/c22-13-8-4-5-9-14(13)30-15-11-29-20-17(19(26)24(20)18(15)21(27)28)23-16(25)10-12-6-2-1-3-7-12/h1-9,17,20H,10-11H2,(H,23,25)(H,27,28)/t17-,20+/m1/s1. The number of carbonyl (C=O) groups is 3. The van der Waals surface area contributed by atoms with E-state index in [1.54, 1.807) is 0 Å². The Morgan fingerprint density at radius 3 is 2.57 bits per heavy atom. The number of aliphatic carboxylic acids is 1. The summed E-state index contributed by atoms with van der Waals surface area (Å²) in [6.07, 6.45) is 0.173. The zero-order valence-corrected chi connectivity index (χ0v) is 18.8. The Balaban J connectivity index is 1.49. The van der Waals surface area contributed by atoms with Gasteiger partial charge in [0.1, 0.15) is 17.1 Å². The van der Waals surface area contributed by atoms with E-state index in [-0.39, 0.29) is 18.0 Å². The van der Waals surface area contributed by atoms with E-state index in [1.807, 2.05) is 54.6 Å². The van der Waals surface area contributed by atoms with Gasteiger partial charge in [-0.25, -0.2) is 4.79 Å². The van der Waals surface area contributed by atoms with Crippen LogP contribution in [0.2, 0.25) is 0 Å². The number of nitrogens with one attached hydrogen (secondary N) is 1. The maximum absolute atomic E-state index is 12.7. The van der Waals surface area contributed by atoms with Gasteiger partial charge in [0.25, 0.3) is 5.91 Å². The maximum Gasteiger partial charge on any atom is 0.353 e. The van der Waals surface area contributed by atoms with Crippen molar-refractivity contribution in [3.05, 3.63) is 75.2 Å². The van der Waals surface area contributed by atoms with Crippen LogP contribution in [-0.2, 0) is 20.8 Å². The van der Waals surface area contributed by atoms with Crippen LogP contribution in [0.3, 0.4) is 0 Å². The van der Waals surface area contributed by atoms with Gasteiger partial charge in [0.05, 0.1) is 6.42 Å². The molecule has 154 valence electrons. The molecule has 0 aromatic heterocycles. The predicted molar refractivity (Wildman–Crippen MR) is 120 cm³/mol. The molecule has 2 aromatic carbocycles. The van der Waals surface area contributed by atoms with Crippen LogP contribution in [0, 0.1) is 0 Å². The molecule has 2 aromatic rings. The molecular weight excluding hydrogens is 488 g/mol. The predicted octanol–water partition coefficient (Wildman–Crippen LogP) is 3.48. The molecule has 2 aliphatic heterocycles. The summed E-state index contributed by atoms with van der Waals surface area (Å²) in [5.74, 6) is -1.34. The average molecular weight is 505 g/mol. The summed E-state index contributed by atoms with van der Waals surface area (Å²) < 4.78 is 0.861. The highest BCUT2D eigenvalue weighted by Gasteiger charge is 2.54. The topological polar surface area (TPSA) is 86.7 Å². The van der Waals surface area contributed by atoms with Crippen molar-refractivity contribution in [3.8, 4) is 0 Å². The summed E-state index contributed by atoms with van der Waals surface area (Å²) in [6, 6.07) is 16.1. The van der Waals surface area contributed by atoms with Crippen molar-refractivity contribution in [2.24, 2.45) is 0 Å². The van der Waals surface area contributed by atoms with Gasteiger partial charge in [0, 0.05) is 20.0 Å². The van der Waals surface area contributed by atoms with Gasteiger partial charge in [-0.3, -0.25) is 14.5 Å². The molecule has 0 aliphatic carbocycles. The van der Waals surface area contributed by atoms with Crippen LogP contribution in [0.25, 0.3) is 0 Å². The number of thioether (sulfide) groups is 2. The van der Waals surface area contributed by atoms with E-state index in [4.69, 9.17) is 0 Å². The number of hydrogen-bond donors (Lipinski definition) is 2. The number of β-lactam (4-membered cyclic amide) rings is 1. The van der Waals surface area contributed by atoms with E-state index in [1.165, 1.54) is 28.4 Å². The smallest absolute Gasteiger partial charge is 0.353 e. The number of nitrogens with zero attached hydrogens (tertiary/aromatic N) is 1. The Kier molecular flexibility index (Phi) is 6.21. The van der Waals surface area contributed by atoms with Gasteiger partial charge in [-0.15, -0.1) is 11.8 Å². The van der Waals surface area contributed by atoms with Crippen LogP contribution in [0.15, 0.2) is 74.6 Å². The number of fused-ring (bicyclic) bond motifs is 1. The van der Waals surface area contributed by atoms with Gasteiger partial charge in [-0.2, -0.15) is 0 Å². The van der Waals surface area contributed by atoms with E-state index >= 15 is 0 Å². The van der Waals surface area contributed by atoms with Gasteiger partial charge in [-0.1, -0.05) is 54.2 Å². The van der Waals surface area contributed by atoms with Crippen molar-refractivity contribution in [2.75, 3.05) is 5.75 Å². The first-order valence-corrected chi connectivity index (χ1v) is 11.8. The van der Waals surface area contributed by atoms with Gasteiger partial charge in [0.15, 0.2) is 0 Å². The van der Waals surface area contributed by atoms with Crippen molar-refractivity contribution in [2.45, 2.75) is 22.7 Å². The first-order valence-electron chi connectivity index (χ1n) is 9.12. The molecule has 9 heteroatoms. The lowest BCUT2D eigenvalue weighted by atomic mass is 10.0. The maximum atomic E-state index is 12.7. The molecule has 2 aliphatic rings. The zero-order valence-electron chi connectivity index (χ0n) is 15.6. The summed E-state index contributed by atoms with van der Waals surface area (Å²) in [4.78, 5) is 39.9. The second-order valence-corrected chi connectivity index (χ2v) is 9.82. The second kappa shape index (κ2) is 8.87. The molecule has 1 fully saturated rings. The van der Waals surface area contributed by atoms with Crippen molar-refractivity contribution in [1.29, 1.82) is 0 Å². The summed E-state index contributed by atoms with van der Waals surface area (Å²) >= 11 is 6.27. The Morgan fingerprint density at radius 2 is 1.87 bits per heavy atom. The molecule has 2 heterocycles. The quantitative estimate of drug-likeness (QED) is 0.585. The van der Waals surface area contributed by atoms with Crippen molar-refractivity contribution in [1.82, 2.24) is 10.2 Å². The van der Waals surface area contributed by atoms with Crippen LogP contribution in [0.5, 0.6) is 0 Å². The van der Waals surface area contributed by atoms with Crippen LogP contribution in [0.4, 0.5) is 0 Å². The lowest BCUT2D eigenvalue weighted by Gasteiger charge is -2.49. The summed E-state index contributed by atoms with van der Waals surface area (Å²) in [5.41, 5.74) is 0.853. The van der Waals surface area contributed by atoms with Gasteiger partial charge >= 0.3 is 5.97 Å². The lowest BCUT2D eigenvalue weighted by Crippen LogP contribution is -2.70. The molecule has 2 N–H and O–H groups in total. The minimum atomic E-state index is -1.14. The lowest BCUT2D eigenvalue weighted by molar-refractivity contribution is -0.150. The van der Waals surface area contributed by atoms with Gasteiger partial charge in [-0.05, 0) is 33.6 Å². The van der Waals surface area contributed by atoms with E-state index in [0.29, 0.717) is 10.7 Å². The zero-order chi connectivity index (χ0) is 21.3. The minimum absolute atomic E-state index is 0.00179. The normalized spacial score (nSPS) is 20.4. The fourth-order valence-electron chi connectivity index (χ4n) is 3.34. The highest BCUT2D eigenvalue weighted by molar-refractivity contribution is 9.10. The number of carboxylic acids is 1. The Labute approximate surface area is 190 Å². The minimum Gasteiger partial charge on any atom is -0.477 e. The number of amides is 2. The van der Waals surface area contributed by atoms with E-state index < -0.39 is 23.3 Å². The molecule has 1 saturated heterocycles. The highest BCUT2D eigenvalue weighted by Crippen LogP contribution is 2.46. The third-order valence-electron chi connectivity index (χ3n) is 4.73. The molecule has 2 atom stereocenters. The Hall–Kier alpha value is -2.23. The highest BCUT2D eigenvalue weighted by atomic mass is 79.9. The number of carboxylic acid groups (broad SMARTS) is 1. The Bertz CT molecular complexity index is 1040. The molecule has 4 rings (SSSR count). The third kappa shape index (κ3) is 4.14. The molecular formula is C21H17BrN2O4S2. The fraction of sp³-hybridized carbons (Fsp3) is 0.190. The monoisotopic (exact) mass is 504 g/mol. The van der Waals surface area contributed by atoms with Crippen LogP contribution in [-0.4, -0.2) is 45.0 Å². The molecule has 0 unspecified atom stereocenters. The molecule has 2 amide bonds. The molecule has 0 bridgehead atoms. The van der Waals surface area contributed by atoms with Crippen LogP contribution < -0.4 is 5.32 Å². The largest absolute Gasteiger partial charge is 0.477 e. The third-order valence-corrected chi connectivity index (χ3v) is 8.31. The molecule has 0 saturated carbocycles. The number of halogens is 1. The van der Waals surface area contributed by atoms with E-state index in [9.17, 15) is 19.5 Å². The van der Waals surface area contributed by atoms with Gasteiger partial charge < -0.3 is 10.4 Å². The van der Waals surface area contributed by atoms with Crippen LogP contribution in [0.1, 0.15) is 5.56 Å². The summed E-state index contributed by atoms with van der Waals surface area (Å²) in [6.45, 7) is 0. The summed E-state index contributed by atoms with van der Waals surface area (Å²) in [7, 11) is 0. The molecule has 30 heavy (non-hydrogen) atoms. The first kappa shape index (κ1) is 21.0. The van der Waals surface area contributed by atoms with E-state index in [0.717, 1.165) is 14.9 Å². The van der Waals surface area contributed by atoms with Crippen molar-refractivity contribution in [3.63, 3.8) is 0 Å². The average Bonchev–Trinajstić information content (AvgIpc) is 2.73. The second-order valence-electron chi connectivity index (χ2n) is 6.73. The number of benzene rings is 2. The molecule has 0 radical (unpaired) electrons. The number of hydrogen-bond acceptors (Lipinski definition) is 5. The Morgan fingerprint density at radius 1 is 1.17 bits per heavy atom. The van der Waals surface area contributed by atoms with Crippen molar-refractivity contribution >= 4 is 57.2 Å². The molecule has 0 spiro atoms.